The molecule has 158 valence electrons. The van der Waals surface area contributed by atoms with E-state index in [1.807, 2.05) is 19.1 Å². The lowest BCUT2D eigenvalue weighted by Crippen LogP contribution is -2.31. The molecule has 5 nitrogen and oxygen atoms in total. The van der Waals surface area contributed by atoms with Crippen LogP contribution in [0.4, 0.5) is 0 Å². The van der Waals surface area contributed by atoms with E-state index in [4.69, 9.17) is 9.15 Å². The number of piperidine rings is 2. The maximum absolute atomic E-state index is 6.11. The molecule has 0 N–H and O–H groups in total. The number of likely N-dealkylation sites (tertiary alicyclic amines) is 2. The molecule has 0 saturated carbocycles. The Balaban J connectivity index is 1.26. The minimum absolute atomic E-state index is 0.714. The van der Waals surface area contributed by atoms with E-state index < -0.39 is 0 Å². The van der Waals surface area contributed by atoms with Crippen molar-refractivity contribution in [2.24, 2.45) is 0 Å². The standard InChI is InChI=1S/C24H35N3O2/c1-20-23(19-27-15-6-3-7-16-27)29-24(25-20)21-9-11-22(12-10-21)28-18-8-17-26-13-4-2-5-14-26/h9-12H,2-8,13-19H2,1H3. The van der Waals surface area contributed by atoms with Crippen LogP contribution in [-0.4, -0.2) is 54.1 Å². The molecule has 2 fully saturated rings. The van der Waals surface area contributed by atoms with Crippen molar-refractivity contribution in [1.82, 2.24) is 14.8 Å². The van der Waals surface area contributed by atoms with Gasteiger partial charge in [0.2, 0.25) is 5.89 Å². The highest BCUT2D eigenvalue weighted by atomic mass is 16.5. The number of benzene rings is 1. The van der Waals surface area contributed by atoms with Crippen molar-refractivity contribution in [2.75, 3.05) is 39.3 Å². The molecule has 5 heteroatoms. The SMILES string of the molecule is Cc1nc(-c2ccc(OCCCN3CCCCC3)cc2)oc1CN1CCCCC1. The van der Waals surface area contributed by atoms with E-state index in [9.17, 15) is 0 Å². The van der Waals surface area contributed by atoms with Gasteiger partial charge in [0.15, 0.2) is 0 Å². The predicted octanol–water partition coefficient (Wildman–Crippen LogP) is 4.89. The fourth-order valence-corrected chi connectivity index (χ4v) is 4.37. The number of hydrogen-bond donors (Lipinski definition) is 0. The molecule has 29 heavy (non-hydrogen) atoms. The van der Waals surface area contributed by atoms with Crippen LogP contribution in [-0.2, 0) is 6.54 Å². The maximum atomic E-state index is 6.11. The topological polar surface area (TPSA) is 41.7 Å². The molecular weight excluding hydrogens is 362 g/mol. The van der Waals surface area contributed by atoms with Gasteiger partial charge in [0.05, 0.1) is 18.8 Å². The van der Waals surface area contributed by atoms with Gasteiger partial charge < -0.3 is 14.1 Å². The number of nitrogens with zero attached hydrogens (tertiary/aromatic N) is 3. The zero-order valence-corrected chi connectivity index (χ0v) is 17.9. The van der Waals surface area contributed by atoms with Gasteiger partial charge in [-0.15, -0.1) is 0 Å². The quantitative estimate of drug-likeness (QED) is 0.593. The highest BCUT2D eigenvalue weighted by Crippen LogP contribution is 2.25. The zero-order chi connectivity index (χ0) is 19.9. The molecule has 2 saturated heterocycles. The number of aryl methyl sites for hydroxylation is 1. The summed E-state index contributed by atoms with van der Waals surface area (Å²) in [6.45, 7) is 9.68. The number of oxazole rings is 1. The van der Waals surface area contributed by atoms with Crippen molar-refractivity contribution in [1.29, 1.82) is 0 Å². The van der Waals surface area contributed by atoms with Crippen molar-refractivity contribution in [3.8, 4) is 17.2 Å². The lowest BCUT2D eigenvalue weighted by atomic mass is 10.1. The van der Waals surface area contributed by atoms with Gasteiger partial charge in [0.1, 0.15) is 11.5 Å². The second kappa shape index (κ2) is 10.3. The van der Waals surface area contributed by atoms with Gasteiger partial charge in [0.25, 0.3) is 0 Å². The monoisotopic (exact) mass is 397 g/mol. The Bertz CT molecular complexity index is 744. The van der Waals surface area contributed by atoms with Crippen molar-refractivity contribution in [3.05, 3.63) is 35.7 Å². The van der Waals surface area contributed by atoms with Gasteiger partial charge in [-0.25, -0.2) is 4.98 Å². The average Bonchev–Trinajstić information content (AvgIpc) is 3.13. The van der Waals surface area contributed by atoms with E-state index >= 15 is 0 Å². The van der Waals surface area contributed by atoms with Crippen LogP contribution in [0, 0.1) is 6.92 Å². The highest BCUT2D eigenvalue weighted by Gasteiger charge is 2.17. The number of ether oxygens (including phenoxy) is 1. The molecule has 2 aromatic rings. The fraction of sp³-hybridized carbons (Fsp3) is 0.625. The summed E-state index contributed by atoms with van der Waals surface area (Å²) in [6, 6.07) is 8.16. The zero-order valence-electron chi connectivity index (χ0n) is 17.9. The van der Waals surface area contributed by atoms with Gasteiger partial charge in [-0.1, -0.05) is 12.8 Å². The molecule has 2 aliphatic rings. The van der Waals surface area contributed by atoms with Gasteiger partial charge >= 0.3 is 0 Å². The normalized spacial score (nSPS) is 18.8. The smallest absolute Gasteiger partial charge is 0.226 e. The van der Waals surface area contributed by atoms with Crippen LogP contribution < -0.4 is 4.74 Å². The van der Waals surface area contributed by atoms with Crippen LogP contribution in [0.5, 0.6) is 5.75 Å². The van der Waals surface area contributed by atoms with Crippen LogP contribution in [0.2, 0.25) is 0 Å². The molecule has 0 spiro atoms. The Morgan fingerprint density at radius 1 is 0.897 bits per heavy atom. The van der Waals surface area contributed by atoms with Crippen molar-refractivity contribution < 1.29 is 9.15 Å². The first-order valence-corrected chi connectivity index (χ1v) is 11.4. The average molecular weight is 398 g/mol. The van der Waals surface area contributed by atoms with Crippen molar-refractivity contribution in [2.45, 2.75) is 58.4 Å². The minimum Gasteiger partial charge on any atom is -0.494 e. The Hall–Kier alpha value is -1.85. The summed E-state index contributed by atoms with van der Waals surface area (Å²) in [6.07, 6.45) is 9.11. The molecular formula is C24H35N3O2. The number of rotatable bonds is 8. The van der Waals surface area contributed by atoms with E-state index in [0.717, 1.165) is 48.9 Å². The van der Waals surface area contributed by atoms with E-state index in [1.54, 1.807) is 0 Å². The molecule has 3 heterocycles. The molecule has 2 aliphatic heterocycles. The molecule has 1 aromatic heterocycles. The summed E-state index contributed by atoms with van der Waals surface area (Å²) in [5.41, 5.74) is 2.02. The first-order valence-electron chi connectivity index (χ1n) is 11.4. The summed E-state index contributed by atoms with van der Waals surface area (Å²) < 4.78 is 12.0. The van der Waals surface area contributed by atoms with Crippen LogP contribution in [0.1, 0.15) is 56.4 Å². The predicted molar refractivity (Wildman–Crippen MR) is 116 cm³/mol. The first-order chi connectivity index (χ1) is 14.3. The molecule has 1 aromatic carbocycles. The molecule has 4 rings (SSSR count). The van der Waals surface area contributed by atoms with E-state index in [0.29, 0.717) is 5.89 Å². The van der Waals surface area contributed by atoms with E-state index in [-0.39, 0.29) is 0 Å². The lowest BCUT2D eigenvalue weighted by molar-refractivity contribution is 0.205. The third-order valence-electron chi connectivity index (χ3n) is 6.15. The minimum atomic E-state index is 0.714. The molecule has 0 unspecified atom stereocenters. The summed E-state index contributed by atoms with van der Waals surface area (Å²) in [5, 5.41) is 0. The highest BCUT2D eigenvalue weighted by molar-refractivity contribution is 5.55. The van der Waals surface area contributed by atoms with Gasteiger partial charge in [-0.2, -0.15) is 0 Å². The summed E-state index contributed by atoms with van der Waals surface area (Å²) in [4.78, 5) is 9.70. The second-order valence-electron chi connectivity index (χ2n) is 8.49. The summed E-state index contributed by atoms with van der Waals surface area (Å²) in [5.74, 6) is 2.63. The largest absolute Gasteiger partial charge is 0.494 e. The Morgan fingerprint density at radius 3 is 2.24 bits per heavy atom. The van der Waals surface area contributed by atoms with Crippen LogP contribution >= 0.6 is 0 Å². The molecule has 0 amide bonds. The van der Waals surface area contributed by atoms with Gasteiger partial charge in [-0.3, -0.25) is 4.90 Å². The molecule has 0 atom stereocenters. The summed E-state index contributed by atoms with van der Waals surface area (Å²) >= 11 is 0. The fourth-order valence-electron chi connectivity index (χ4n) is 4.37. The van der Waals surface area contributed by atoms with Crippen molar-refractivity contribution in [3.63, 3.8) is 0 Å². The molecule has 0 radical (unpaired) electrons. The molecule has 0 bridgehead atoms. The Morgan fingerprint density at radius 2 is 1.55 bits per heavy atom. The number of hydrogen-bond acceptors (Lipinski definition) is 5. The van der Waals surface area contributed by atoms with Crippen LogP contribution in [0.3, 0.4) is 0 Å². The van der Waals surface area contributed by atoms with Gasteiger partial charge in [0, 0.05) is 12.1 Å². The van der Waals surface area contributed by atoms with Gasteiger partial charge in [-0.05, 0) is 89.5 Å². The van der Waals surface area contributed by atoms with Crippen LogP contribution in [0.25, 0.3) is 11.5 Å². The molecule has 0 aliphatic carbocycles. The van der Waals surface area contributed by atoms with Crippen molar-refractivity contribution >= 4 is 0 Å². The third-order valence-corrected chi connectivity index (χ3v) is 6.15. The van der Waals surface area contributed by atoms with Crippen LogP contribution in [0.15, 0.2) is 28.7 Å². The van der Waals surface area contributed by atoms with E-state index in [1.165, 1.54) is 64.7 Å². The third kappa shape index (κ3) is 5.83. The maximum Gasteiger partial charge on any atom is 0.226 e. The number of aromatic nitrogens is 1. The Labute approximate surface area is 175 Å². The first kappa shape index (κ1) is 20.4. The second-order valence-corrected chi connectivity index (χ2v) is 8.49. The van der Waals surface area contributed by atoms with E-state index in [2.05, 4.69) is 26.9 Å². The summed E-state index contributed by atoms with van der Waals surface area (Å²) in [7, 11) is 0. The lowest BCUT2D eigenvalue weighted by Gasteiger charge is -2.26. The Kier molecular flexibility index (Phi) is 7.23.